The number of nitro benzene ring substituents is 1. The number of ketones is 1. The van der Waals surface area contributed by atoms with Crippen LogP contribution in [-0.2, 0) is 4.79 Å². The lowest BCUT2D eigenvalue weighted by Crippen LogP contribution is -2.34. The van der Waals surface area contributed by atoms with Crippen molar-refractivity contribution in [3.63, 3.8) is 0 Å². The lowest BCUT2D eigenvalue weighted by molar-refractivity contribution is -0.384. The number of nitro groups is 1. The summed E-state index contributed by atoms with van der Waals surface area (Å²) in [6.45, 7) is 3.68. The molecule has 138 valence electrons. The molecule has 0 bridgehead atoms. The second-order valence-electron chi connectivity index (χ2n) is 6.41. The van der Waals surface area contributed by atoms with Crippen molar-refractivity contribution >= 4 is 40.4 Å². The average molecular weight is 386 g/mol. The highest BCUT2D eigenvalue weighted by Gasteiger charge is 2.43. The number of anilines is 1. The number of rotatable bonds is 5. The van der Waals surface area contributed by atoms with Crippen LogP contribution in [0, 0.1) is 22.0 Å². The molecule has 27 heavy (non-hydrogen) atoms. The van der Waals surface area contributed by atoms with Crippen LogP contribution >= 0.6 is 11.6 Å². The highest BCUT2D eigenvalue weighted by molar-refractivity contribution is 6.32. The molecule has 0 spiro atoms. The molecular weight excluding hydrogens is 370 g/mol. The van der Waals surface area contributed by atoms with Crippen LogP contribution in [0.2, 0.25) is 5.02 Å². The van der Waals surface area contributed by atoms with Gasteiger partial charge in [0.1, 0.15) is 5.92 Å². The summed E-state index contributed by atoms with van der Waals surface area (Å²) >= 11 is 5.88. The number of hydrazone groups is 1. The maximum Gasteiger partial charge on any atom is 0.270 e. The summed E-state index contributed by atoms with van der Waals surface area (Å²) in [6.07, 6.45) is 0. The third kappa shape index (κ3) is 3.59. The van der Waals surface area contributed by atoms with E-state index in [2.05, 4.69) is 5.10 Å². The van der Waals surface area contributed by atoms with Gasteiger partial charge in [-0.15, -0.1) is 0 Å². The molecule has 2 aromatic rings. The van der Waals surface area contributed by atoms with Gasteiger partial charge in [-0.2, -0.15) is 10.1 Å². The Morgan fingerprint density at radius 1 is 1.22 bits per heavy atom. The van der Waals surface area contributed by atoms with E-state index in [4.69, 9.17) is 11.6 Å². The molecule has 0 aliphatic carbocycles. The fraction of sp³-hybridized carbons (Fsp3) is 0.211. The molecule has 1 amide bonds. The van der Waals surface area contributed by atoms with Crippen molar-refractivity contribution in [2.75, 3.05) is 5.01 Å². The Kier molecular flexibility index (Phi) is 5.05. The molecule has 0 aromatic heterocycles. The van der Waals surface area contributed by atoms with Gasteiger partial charge in [0, 0.05) is 22.7 Å². The van der Waals surface area contributed by atoms with Crippen LogP contribution < -0.4 is 5.01 Å². The van der Waals surface area contributed by atoms with Crippen molar-refractivity contribution in [3.05, 3.63) is 69.2 Å². The third-order valence-corrected chi connectivity index (χ3v) is 4.49. The zero-order valence-electron chi connectivity index (χ0n) is 14.6. The number of benzene rings is 2. The summed E-state index contributed by atoms with van der Waals surface area (Å²) in [6, 6.07) is 11.9. The second kappa shape index (κ2) is 7.28. The van der Waals surface area contributed by atoms with Gasteiger partial charge in [0.05, 0.1) is 16.3 Å². The van der Waals surface area contributed by atoms with Gasteiger partial charge in [-0.05, 0) is 30.2 Å². The largest absolute Gasteiger partial charge is 0.293 e. The van der Waals surface area contributed by atoms with Crippen LogP contribution in [0.25, 0.3) is 0 Å². The minimum Gasteiger partial charge on any atom is -0.293 e. The zero-order chi connectivity index (χ0) is 19.7. The Morgan fingerprint density at radius 3 is 2.48 bits per heavy atom. The molecule has 0 unspecified atom stereocenters. The highest BCUT2D eigenvalue weighted by atomic mass is 35.5. The molecule has 2 aromatic carbocycles. The molecule has 0 saturated carbocycles. The van der Waals surface area contributed by atoms with Crippen LogP contribution in [0.15, 0.2) is 53.6 Å². The van der Waals surface area contributed by atoms with Crippen LogP contribution in [0.5, 0.6) is 0 Å². The summed E-state index contributed by atoms with van der Waals surface area (Å²) in [5, 5.41) is 17.0. The number of carbonyl (C=O) groups excluding carboxylic acids is 2. The highest BCUT2D eigenvalue weighted by Crippen LogP contribution is 2.30. The first kappa shape index (κ1) is 18.7. The van der Waals surface area contributed by atoms with Crippen molar-refractivity contribution in [2.45, 2.75) is 13.8 Å². The maximum absolute atomic E-state index is 13.0. The third-order valence-electron chi connectivity index (χ3n) is 4.23. The van der Waals surface area contributed by atoms with E-state index >= 15 is 0 Å². The van der Waals surface area contributed by atoms with Gasteiger partial charge in [0.15, 0.2) is 5.78 Å². The topological polar surface area (TPSA) is 92.9 Å². The molecule has 0 radical (unpaired) electrons. The quantitative estimate of drug-likeness (QED) is 0.335. The standard InChI is InChI=1S/C19H16ClN3O4/c1-11(2)17-16(18(24)12-4-3-5-15(10-12)23(26)27)19(25)22(21-17)14-8-6-13(20)7-9-14/h3-11,16H,1-2H3/t16-/m0/s1. The van der Waals surface area contributed by atoms with E-state index in [1.54, 1.807) is 24.3 Å². The predicted molar refractivity (Wildman–Crippen MR) is 102 cm³/mol. The Balaban J connectivity index is 1.99. The van der Waals surface area contributed by atoms with E-state index in [9.17, 15) is 19.7 Å². The zero-order valence-corrected chi connectivity index (χ0v) is 15.4. The molecule has 0 N–H and O–H groups in total. The Bertz CT molecular complexity index is 954. The Hall–Kier alpha value is -3.06. The SMILES string of the molecule is CC(C)C1=NN(c2ccc(Cl)cc2)C(=O)[C@@H]1C(=O)c1cccc([N+](=O)[O-])c1. The van der Waals surface area contributed by atoms with Gasteiger partial charge in [0.2, 0.25) is 0 Å². The number of non-ortho nitro benzene ring substituents is 1. The normalized spacial score (nSPS) is 16.6. The first-order chi connectivity index (χ1) is 12.8. The summed E-state index contributed by atoms with van der Waals surface area (Å²) in [5.41, 5.74) is 0.820. The minimum atomic E-state index is -1.11. The molecule has 3 rings (SSSR count). The number of amides is 1. The van der Waals surface area contributed by atoms with Crippen molar-refractivity contribution in [1.29, 1.82) is 0 Å². The number of hydrogen-bond acceptors (Lipinski definition) is 5. The van der Waals surface area contributed by atoms with Crippen LogP contribution in [-0.4, -0.2) is 22.3 Å². The van der Waals surface area contributed by atoms with Gasteiger partial charge in [-0.3, -0.25) is 19.7 Å². The van der Waals surface area contributed by atoms with E-state index in [1.165, 1.54) is 29.3 Å². The molecule has 1 atom stereocenters. The van der Waals surface area contributed by atoms with E-state index in [0.29, 0.717) is 16.4 Å². The van der Waals surface area contributed by atoms with Gasteiger partial charge in [-0.1, -0.05) is 37.6 Å². The molecule has 0 fully saturated rings. The van der Waals surface area contributed by atoms with Crippen molar-refractivity contribution in [1.82, 2.24) is 0 Å². The number of Topliss-reactive ketones (excluding diaryl/α,β-unsaturated/α-hetero) is 1. The lowest BCUT2D eigenvalue weighted by Gasteiger charge is -2.14. The summed E-state index contributed by atoms with van der Waals surface area (Å²) < 4.78 is 0. The lowest BCUT2D eigenvalue weighted by atomic mass is 9.87. The average Bonchev–Trinajstić information content (AvgIpc) is 2.99. The van der Waals surface area contributed by atoms with Crippen molar-refractivity contribution in [3.8, 4) is 0 Å². The molecule has 0 saturated heterocycles. The molecule has 8 heteroatoms. The van der Waals surface area contributed by atoms with Crippen molar-refractivity contribution in [2.24, 2.45) is 16.9 Å². The molecule has 1 heterocycles. The smallest absolute Gasteiger partial charge is 0.270 e. The molecule has 7 nitrogen and oxygen atoms in total. The minimum absolute atomic E-state index is 0.105. The second-order valence-corrected chi connectivity index (χ2v) is 6.85. The van der Waals surface area contributed by atoms with E-state index in [-0.39, 0.29) is 17.2 Å². The van der Waals surface area contributed by atoms with Gasteiger partial charge in [0.25, 0.3) is 11.6 Å². The van der Waals surface area contributed by atoms with E-state index in [1.807, 2.05) is 13.8 Å². The van der Waals surface area contributed by atoms with Crippen LogP contribution in [0.1, 0.15) is 24.2 Å². The van der Waals surface area contributed by atoms with Gasteiger partial charge < -0.3 is 0 Å². The first-order valence-electron chi connectivity index (χ1n) is 8.26. The van der Waals surface area contributed by atoms with Gasteiger partial charge >= 0.3 is 0 Å². The number of halogens is 1. The monoisotopic (exact) mass is 385 g/mol. The predicted octanol–water partition coefficient (Wildman–Crippen LogP) is 4.11. The van der Waals surface area contributed by atoms with Crippen LogP contribution in [0.3, 0.4) is 0 Å². The van der Waals surface area contributed by atoms with Crippen molar-refractivity contribution < 1.29 is 14.5 Å². The molecule has 1 aliphatic rings. The fourth-order valence-electron chi connectivity index (χ4n) is 2.87. The summed E-state index contributed by atoms with van der Waals surface area (Å²) in [7, 11) is 0. The van der Waals surface area contributed by atoms with E-state index in [0.717, 1.165) is 0 Å². The van der Waals surface area contributed by atoms with Crippen LogP contribution in [0.4, 0.5) is 11.4 Å². The Labute approximate surface area is 160 Å². The summed E-state index contributed by atoms with van der Waals surface area (Å²) in [4.78, 5) is 36.4. The first-order valence-corrected chi connectivity index (χ1v) is 8.64. The number of nitrogens with zero attached hydrogens (tertiary/aromatic N) is 3. The van der Waals surface area contributed by atoms with Gasteiger partial charge in [-0.25, -0.2) is 0 Å². The number of carbonyl (C=O) groups is 2. The summed E-state index contributed by atoms with van der Waals surface area (Å²) in [5.74, 6) is -2.26. The number of hydrogen-bond donors (Lipinski definition) is 0. The maximum atomic E-state index is 13.0. The van der Waals surface area contributed by atoms with E-state index < -0.39 is 22.5 Å². The fourth-order valence-corrected chi connectivity index (χ4v) is 3.00. The molecule has 1 aliphatic heterocycles. The Morgan fingerprint density at radius 2 is 1.89 bits per heavy atom. The molecular formula is C19H16ClN3O4.